The van der Waals surface area contributed by atoms with Crippen molar-refractivity contribution in [1.29, 1.82) is 5.26 Å². The van der Waals surface area contributed by atoms with Crippen LogP contribution in [0.1, 0.15) is 32.6 Å². The molecule has 1 aliphatic rings. The highest BCUT2D eigenvalue weighted by atomic mass is 35.5. The lowest BCUT2D eigenvalue weighted by molar-refractivity contribution is 0.424. The summed E-state index contributed by atoms with van der Waals surface area (Å²) in [5.41, 5.74) is -0.333. The zero-order valence-corrected chi connectivity index (χ0v) is 12.6. The molecule has 1 aliphatic carbocycles. The first kappa shape index (κ1) is 14.6. The molecule has 2 rings (SSSR count). The Bertz CT molecular complexity index is 457. The van der Waals surface area contributed by atoms with Gasteiger partial charge in [-0.25, -0.2) is 4.98 Å². The van der Waals surface area contributed by atoms with Crippen molar-refractivity contribution in [2.24, 2.45) is 0 Å². The largest absolute Gasteiger partial charge is 0.299 e. The molecule has 3 nitrogen and oxygen atoms in total. The highest BCUT2D eigenvalue weighted by molar-refractivity contribution is 7.99. The van der Waals surface area contributed by atoms with Crippen LogP contribution in [0.4, 0.5) is 0 Å². The summed E-state index contributed by atoms with van der Waals surface area (Å²) < 4.78 is 0. The summed E-state index contributed by atoms with van der Waals surface area (Å²) in [7, 11) is 0. The summed E-state index contributed by atoms with van der Waals surface area (Å²) >= 11 is 7.58. The summed E-state index contributed by atoms with van der Waals surface area (Å²) in [5.74, 6) is 0. The van der Waals surface area contributed by atoms with E-state index in [4.69, 9.17) is 11.6 Å². The number of pyridine rings is 1. The van der Waals surface area contributed by atoms with Crippen LogP contribution >= 0.6 is 23.4 Å². The fourth-order valence-corrected chi connectivity index (χ4v) is 3.69. The van der Waals surface area contributed by atoms with Crippen molar-refractivity contribution in [2.45, 2.75) is 48.4 Å². The molecule has 1 N–H and O–H groups in total. The van der Waals surface area contributed by atoms with Gasteiger partial charge in [0.2, 0.25) is 0 Å². The lowest BCUT2D eigenvalue weighted by atomic mass is 10.00. The summed E-state index contributed by atoms with van der Waals surface area (Å²) in [4.78, 5) is 4.31. The van der Waals surface area contributed by atoms with Gasteiger partial charge in [-0.05, 0) is 44.4 Å². The van der Waals surface area contributed by atoms with E-state index in [0.29, 0.717) is 10.3 Å². The molecule has 2 atom stereocenters. The number of aromatic nitrogens is 1. The minimum atomic E-state index is -0.333. The molecule has 0 amide bonds. The minimum absolute atomic E-state index is 0.333. The van der Waals surface area contributed by atoms with Gasteiger partial charge in [-0.1, -0.05) is 18.5 Å². The number of thioether (sulfide) groups is 1. The monoisotopic (exact) mass is 295 g/mol. The molecule has 2 unspecified atom stereocenters. The van der Waals surface area contributed by atoms with Crippen LogP contribution in [0.15, 0.2) is 23.4 Å². The molecule has 0 saturated heterocycles. The molecule has 0 aliphatic heterocycles. The summed E-state index contributed by atoms with van der Waals surface area (Å²) in [5, 5.41) is 14.9. The van der Waals surface area contributed by atoms with Crippen molar-refractivity contribution in [2.75, 3.05) is 6.54 Å². The third-order valence-electron chi connectivity index (χ3n) is 3.38. The Morgan fingerprint density at radius 1 is 1.63 bits per heavy atom. The van der Waals surface area contributed by atoms with E-state index in [-0.39, 0.29) is 5.54 Å². The molecular weight excluding hydrogens is 278 g/mol. The molecule has 5 heteroatoms. The Labute approximate surface area is 123 Å². The van der Waals surface area contributed by atoms with Crippen molar-refractivity contribution >= 4 is 23.4 Å². The maximum Gasteiger partial charge on any atom is 0.107 e. The van der Waals surface area contributed by atoms with Crippen molar-refractivity contribution in [1.82, 2.24) is 10.3 Å². The molecule has 1 aromatic heterocycles. The molecule has 1 heterocycles. The maximum absolute atomic E-state index is 9.41. The van der Waals surface area contributed by atoms with Crippen LogP contribution in [0, 0.1) is 11.3 Å². The second kappa shape index (κ2) is 6.60. The van der Waals surface area contributed by atoms with Gasteiger partial charge in [0.25, 0.3) is 0 Å². The lowest BCUT2D eigenvalue weighted by Gasteiger charge is -2.22. The van der Waals surface area contributed by atoms with Gasteiger partial charge >= 0.3 is 0 Å². The Kier molecular flexibility index (Phi) is 5.09. The fraction of sp³-hybridized carbons (Fsp3) is 0.571. The van der Waals surface area contributed by atoms with Gasteiger partial charge in [0.15, 0.2) is 0 Å². The zero-order chi connectivity index (χ0) is 13.7. The quantitative estimate of drug-likeness (QED) is 0.901. The van der Waals surface area contributed by atoms with Gasteiger partial charge in [-0.15, -0.1) is 11.8 Å². The topological polar surface area (TPSA) is 48.7 Å². The molecule has 1 fully saturated rings. The van der Waals surface area contributed by atoms with Crippen molar-refractivity contribution in [3.8, 4) is 6.07 Å². The Morgan fingerprint density at radius 2 is 2.47 bits per heavy atom. The summed E-state index contributed by atoms with van der Waals surface area (Å²) in [6, 6.07) is 6.27. The van der Waals surface area contributed by atoms with Crippen LogP contribution < -0.4 is 5.32 Å². The van der Waals surface area contributed by atoms with Gasteiger partial charge < -0.3 is 0 Å². The second-order valence-electron chi connectivity index (χ2n) is 4.92. The molecule has 1 saturated carbocycles. The fourth-order valence-electron chi connectivity index (χ4n) is 2.37. The van der Waals surface area contributed by atoms with Crippen molar-refractivity contribution in [3.63, 3.8) is 0 Å². The lowest BCUT2D eigenvalue weighted by Crippen LogP contribution is -2.42. The van der Waals surface area contributed by atoms with Crippen molar-refractivity contribution < 1.29 is 0 Å². The Balaban J connectivity index is 1.94. The first-order valence-corrected chi connectivity index (χ1v) is 7.88. The molecule has 0 aromatic carbocycles. The number of nitriles is 1. The van der Waals surface area contributed by atoms with Crippen LogP contribution in [-0.2, 0) is 0 Å². The van der Waals surface area contributed by atoms with E-state index in [1.54, 1.807) is 18.0 Å². The average molecular weight is 296 g/mol. The molecule has 0 radical (unpaired) electrons. The van der Waals surface area contributed by atoms with E-state index >= 15 is 0 Å². The van der Waals surface area contributed by atoms with Crippen molar-refractivity contribution in [3.05, 3.63) is 23.4 Å². The van der Waals surface area contributed by atoms with E-state index < -0.39 is 0 Å². The number of nitrogens with zero attached hydrogens (tertiary/aromatic N) is 2. The average Bonchev–Trinajstić information content (AvgIpc) is 2.83. The van der Waals surface area contributed by atoms with E-state index in [1.807, 2.05) is 12.1 Å². The first-order valence-electron chi connectivity index (χ1n) is 6.62. The molecule has 19 heavy (non-hydrogen) atoms. The third-order valence-corrected chi connectivity index (χ3v) is 4.83. The maximum atomic E-state index is 9.41. The number of hydrogen-bond donors (Lipinski definition) is 1. The Hall–Kier alpha value is -0.760. The summed E-state index contributed by atoms with van der Waals surface area (Å²) in [6.45, 7) is 3.03. The summed E-state index contributed by atoms with van der Waals surface area (Å²) in [6.07, 6.45) is 5.60. The molecule has 1 aromatic rings. The van der Waals surface area contributed by atoms with E-state index in [1.165, 1.54) is 0 Å². The van der Waals surface area contributed by atoms with Gasteiger partial charge in [0.05, 0.1) is 16.1 Å². The first-order chi connectivity index (χ1) is 9.17. The smallest absolute Gasteiger partial charge is 0.107 e. The third kappa shape index (κ3) is 3.85. The minimum Gasteiger partial charge on any atom is -0.299 e. The number of rotatable bonds is 5. The van der Waals surface area contributed by atoms with Crippen LogP contribution in [0.3, 0.4) is 0 Å². The standard InChI is InChI=1S/C14H18ClN3S/c1-2-7-18-14(10-16)6-5-12(8-14)19-13-4-3-11(15)9-17-13/h3-4,9,12,18H,2,5-8H2,1H3. The van der Waals surface area contributed by atoms with Crippen LogP contribution in [-0.4, -0.2) is 22.3 Å². The van der Waals surface area contributed by atoms with Gasteiger partial charge in [-0.3, -0.25) is 5.32 Å². The number of halogens is 1. The molecule has 0 spiro atoms. The van der Waals surface area contributed by atoms with E-state index in [0.717, 1.165) is 37.3 Å². The van der Waals surface area contributed by atoms with Crippen LogP contribution in [0.5, 0.6) is 0 Å². The molecule has 0 bridgehead atoms. The van der Waals surface area contributed by atoms with Crippen LogP contribution in [0.25, 0.3) is 0 Å². The highest BCUT2D eigenvalue weighted by Gasteiger charge is 2.39. The molecule has 102 valence electrons. The highest BCUT2D eigenvalue weighted by Crippen LogP contribution is 2.39. The normalized spacial score (nSPS) is 26.3. The van der Waals surface area contributed by atoms with Gasteiger partial charge in [-0.2, -0.15) is 5.26 Å². The Morgan fingerprint density at radius 3 is 3.11 bits per heavy atom. The number of hydrogen-bond acceptors (Lipinski definition) is 4. The number of nitrogens with one attached hydrogen (secondary N) is 1. The SMILES string of the molecule is CCCNC1(C#N)CCC(Sc2ccc(Cl)cn2)C1. The molecular formula is C14H18ClN3S. The second-order valence-corrected chi connectivity index (χ2v) is 6.68. The predicted molar refractivity (Wildman–Crippen MR) is 79.4 cm³/mol. The van der Waals surface area contributed by atoms with E-state index in [9.17, 15) is 5.26 Å². The van der Waals surface area contributed by atoms with Crippen LogP contribution in [0.2, 0.25) is 5.02 Å². The van der Waals surface area contributed by atoms with Gasteiger partial charge in [0, 0.05) is 11.4 Å². The predicted octanol–water partition coefficient (Wildman–Crippen LogP) is 3.64. The van der Waals surface area contributed by atoms with E-state index in [2.05, 4.69) is 23.3 Å². The van der Waals surface area contributed by atoms with Gasteiger partial charge in [0.1, 0.15) is 5.54 Å². The zero-order valence-electron chi connectivity index (χ0n) is 11.0.